The predicted molar refractivity (Wildman–Crippen MR) is 76.4 cm³/mol. The van der Waals surface area contributed by atoms with Crippen LogP contribution < -0.4 is 5.73 Å². The molecule has 4 nitrogen and oxygen atoms in total. The van der Waals surface area contributed by atoms with Crippen molar-refractivity contribution in [1.29, 1.82) is 0 Å². The van der Waals surface area contributed by atoms with Crippen molar-refractivity contribution >= 4 is 5.69 Å². The van der Waals surface area contributed by atoms with Gasteiger partial charge in [0.05, 0.1) is 11.8 Å². The van der Waals surface area contributed by atoms with E-state index in [9.17, 15) is 5.11 Å². The summed E-state index contributed by atoms with van der Waals surface area (Å²) in [5.41, 5.74) is 8.21. The molecule has 3 N–H and O–H groups in total. The average Bonchev–Trinajstić information content (AvgIpc) is 2.40. The number of nitrogens with two attached hydrogens (primary N) is 1. The first-order valence-corrected chi connectivity index (χ1v) is 6.27. The fraction of sp³-hybridized carbons (Fsp3) is 0.267. The molecule has 2 rings (SSSR count). The topological polar surface area (TPSA) is 62.4 Å². The van der Waals surface area contributed by atoms with Crippen LogP contribution in [0.15, 0.2) is 48.7 Å². The summed E-state index contributed by atoms with van der Waals surface area (Å²) in [6.07, 6.45) is 1.26. The summed E-state index contributed by atoms with van der Waals surface area (Å²) in [6.45, 7) is 1.27. The second kappa shape index (κ2) is 6.31. The van der Waals surface area contributed by atoms with Crippen LogP contribution in [0.5, 0.6) is 0 Å². The van der Waals surface area contributed by atoms with E-state index in [0.717, 1.165) is 11.3 Å². The molecule has 0 saturated heterocycles. The molecule has 0 aliphatic carbocycles. The van der Waals surface area contributed by atoms with Gasteiger partial charge in [-0.1, -0.05) is 18.2 Å². The third kappa shape index (κ3) is 4.05. The zero-order chi connectivity index (χ0) is 13.7. The molecular formula is C15H19N3O. The second-order valence-electron chi connectivity index (χ2n) is 4.70. The predicted octanol–water partition coefficient (Wildman–Crippen LogP) is 1.83. The Morgan fingerprint density at radius 1 is 1.21 bits per heavy atom. The highest BCUT2D eigenvalue weighted by Crippen LogP contribution is 2.16. The van der Waals surface area contributed by atoms with E-state index in [1.807, 2.05) is 42.3 Å². The highest BCUT2D eigenvalue weighted by Gasteiger charge is 2.11. The minimum Gasteiger partial charge on any atom is -0.399 e. The van der Waals surface area contributed by atoms with Gasteiger partial charge in [0.1, 0.15) is 0 Å². The molecule has 1 aromatic carbocycles. The number of benzene rings is 1. The van der Waals surface area contributed by atoms with Crippen LogP contribution in [0.4, 0.5) is 5.69 Å². The molecule has 0 saturated carbocycles. The van der Waals surface area contributed by atoms with E-state index in [0.29, 0.717) is 18.8 Å². The highest BCUT2D eigenvalue weighted by molar-refractivity contribution is 5.39. The number of pyridine rings is 1. The largest absolute Gasteiger partial charge is 0.399 e. The number of nitrogen functional groups attached to an aromatic ring is 1. The third-order valence-electron chi connectivity index (χ3n) is 2.96. The summed E-state index contributed by atoms with van der Waals surface area (Å²) in [5, 5.41) is 10.2. The van der Waals surface area contributed by atoms with Crippen molar-refractivity contribution in [2.75, 3.05) is 19.3 Å². The number of hydrogen-bond donors (Lipinski definition) is 2. The Bertz CT molecular complexity index is 499. The first-order chi connectivity index (χ1) is 9.15. The van der Waals surface area contributed by atoms with Crippen LogP contribution in [-0.2, 0) is 6.54 Å². The Morgan fingerprint density at radius 2 is 1.95 bits per heavy atom. The lowest BCUT2D eigenvalue weighted by Crippen LogP contribution is -2.24. The molecule has 0 bridgehead atoms. The summed E-state index contributed by atoms with van der Waals surface area (Å²) in [4.78, 5) is 6.32. The van der Waals surface area contributed by atoms with E-state index in [-0.39, 0.29) is 0 Å². The molecule has 1 atom stereocenters. The van der Waals surface area contributed by atoms with Crippen LogP contribution in [-0.4, -0.2) is 28.6 Å². The van der Waals surface area contributed by atoms with E-state index in [1.165, 1.54) is 0 Å². The van der Waals surface area contributed by atoms with Gasteiger partial charge in [-0.3, -0.25) is 9.88 Å². The monoisotopic (exact) mass is 257 g/mol. The number of anilines is 1. The molecule has 19 heavy (non-hydrogen) atoms. The zero-order valence-corrected chi connectivity index (χ0v) is 11.0. The van der Waals surface area contributed by atoms with Crippen molar-refractivity contribution < 1.29 is 5.11 Å². The zero-order valence-electron chi connectivity index (χ0n) is 11.0. The maximum absolute atomic E-state index is 10.2. The number of hydrogen-bond acceptors (Lipinski definition) is 4. The lowest BCUT2D eigenvalue weighted by molar-refractivity contribution is 0.123. The van der Waals surface area contributed by atoms with Crippen LogP contribution in [0.1, 0.15) is 17.4 Å². The average molecular weight is 257 g/mol. The Morgan fingerprint density at radius 3 is 2.58 bits per heavy atom. The number of nitrogens with zero attached hydrogens (tertiary/aromatic N) is 2. The van der Waals surface area contributed by atoms with Crippen molar-refractivity contribution in [2.24, 2.45) is 0 Å². The summed E-state index contributed by atoms with van der Waals surface area (Å²) in [7, 11) is 1.97. The maximum atomic E-state index is 10.2. The summed E-state index contributed by atoms with van der Waals surface area (Å²) in [5.74, 6) is 0. The second-order valence-corrected chi connectivity index (χ2v) is 4.70. The van der Waals surface area contributed by atoms with E-state index in [4.69, 9.17) is 5.73 Å². The minimum absolute atomic E-state index is 0.519. The van der Waals surface area contributed by atoms with Crippen molar-refractivity contribution in [3.8, 4) is 0 Å². The molecular weight excluding hydrogens is 238 g/mol. The lowest BCUT2D eigenvalue weighted by atomic mass is 10.1. The number of aliphatic hydroxyl groups excluding tert-OH is 1. The van der Waals surface area contributed by atoms with Crippen LogP contribution >= 0.6 is 0 Å². The van der Waals surface area contributed by atoms with Crippen LogP contribution in [0, 0.1) is 0 Å². The highest BCUT2D eigenvalue weighted by atomic mass is 16.3. The molecule has 4 heteroatoms. The first-order valence-electron chi connectivity index (χ1n) is 6.27. The number of aromatic nitrogens is 1. The molecule has 1 heterocycles. The van der Waals surface area contributed by atoms with Crippen molar-refractivity contribution in [3.05, 3.63) is 59.9 Å². The summed E-state index contributed by atoms with van der Waals surface area (Å²) in [6, 6.07) is 13.2. The van der Waals surface area contributed by atoms with Gasteiger partial charge in [-0.05, 0) is 36.9 Å². The van der Waals surface area contributed by atoms with Gasteiger partial charge in [0.15, 0.2) is 0 Å². The molecule has 0 fully saturated rings. The van der Waals surface area contributed by atoms with Crippen LogP contribution in [0.3, 0.4) is 0 Å². The van der Waals surface area contributed by atoms with E-state index in [2.05, 4.69) is 4.98 Å². The quantitative estimate of drug-likeness (QED) is 0.802. The Balaban J connectivity index is 1.91. The normalized spacial score (nSPS) is 12.6. The van der Waals surface area contributed by atoms with Gasteiger partial charge < -0.3 is 10.8 Å². The molecule has 100 valence electrons. The van der Waals surface area contributed by atoms with E-state index < -0.39 is 6.10 Å². The molecule has 0 spiro atoms. The molecule has 0 aliphatic rings. The fourth-order valence-electron chi connectivity index (χ4n) is 1.95. The molecule has 1 aromatic heterocycles. The van der Waals surface area contributed by atoms with Gasteiger partial charge >= 0.3 is 0 Å². The van der Waals surface area contributed by atoms with Crippen molar-refractivity contribution in [1.82, 2.24) is 9.88 Å². The lowest BCUT2D eigenvalue weighted by Gasteiger charge is -2.20. The van der Waals surface area contributed by atoms with Crippen molar-refractivity contribution in [3.63, 3.8) is 0 Å². The van der Waals surface area contributed by atoms with Gasteiger partial charge in [-0.15, -0.1) is 0 Å². The standard InChI is InChI=1S/C15H19N3O/c1-18(10-14-4-2-3-9-17-14)11-15(19)12-5-7-13(16)8-6-12/h2-9,15,19H,10-11,16H2,1H3. The number of rotatable bonds is 5. The van der Waals surface area contributed by atoms with Gasteiger partial charge in [0, 0.05) is 25.0 Å². The molecule has 0 radical (unpaired) electrons. The Kier molecular flexibility index (Phi) is 4.49. The van der Waals surface area contributed by atoms with E-state index >= 15 is 0 Å². The SMILES string of the molecule is CN(Cc1ccccn1)CC(O)c1ccc(N)cc1. The molecule has 1 unspecified atom stereocenters. The fourth-order valence-corrected chi connectivity index (χ4v) is 1.95. The Hall–Kier alpha value is -1.91. The van der Waals surface area contributed by atoms with Gasteiger partial charge in [0.2, 0.25) is 0 Å². The number of aliphatic hydroxyl groups is 1. The van der Waals surface area contributed by atoms with Gasteiger partial charge in [-0.25, -0.2) is 0 Å². The van der Waals surface area contributed by atoms with Crippen LogP contribution in [0.25, 0.3) is 0 Å². The maximum Gasteiger partial charge on any atom is 0.0916 e. The first kappa shape index (κ1) is 13.5. The van der Waals surface area contributed by atoms with Gasteiger partial charge in [0.25, 0.3) is 0 Å². The minimum atomic E-state index is -0.519. The van der Waals surface area contributed by atoms with Crippen LogP contribution in [0.2, 0.25) is 0 Å². The molecule has 0 amide bonds. The summed E-state index contributed by atoms with van der Waals surface area (Å²) < 4.78 is 0. The Labute approximate surface area is 113 Å². The van der Waals surface area contributed by atoms with Crippen molar-refractivity contribution in [2.45, 2.75) is 12.6 Å². The summed E-state index contributed by atoms with van der Waals surface area (Å²) >= 11 is 0. The van der Waals surface area contributed by atoms with E-state index in [1.54, 1.807) is 18.3 Å². The third-order valence-corrected chi connectivity index (χ3v) is 2.96. The van der Waals surface area contributed by atoms with Gasteiger partial charge in [-0.2, -0.15) is 0 Å². The molecule has 0 aliphatic heterocycles. The molecule has 2 aromatic rings. The smallest absolute Gasteiger partial charge is 0.0916 e. The number of likely N-dealkylation sites (N-methyl/N-ethyl adjacent to an activating group) is 1.